The van der Waals surface area contributed by atoms with Gasteiger partial charge in [0.2, 0.25) is 0 Å². The molecule has 1 aliphatic carbocycles. The fourth-order valence-corrected chi connectivity index (χ4v) is 6.51. The maximum Gasteiger partial charge on any atom is 0.135 e. The molecule has 0 bridgehead atoms. The molecule has 1 heteroatoms. The van der Waals surface area contributed by atoms with Gasteiger partial charge in [-0.1, -0.05) is 141 Å². The maximum atomic E-state index is 9.93. The summed E-state index contributed by atoms with van der Waals surface area (Å²) in [5, 5.41) is -3.62. The molecule has 0 spiro atoms. The lowest BCUT2D eigenvalue weighted by atomic mass is 9.81. The third kappa shape index (κ3) is 3.85. The van der Waals surface area contributed by atoms with Gasteiger partial charge in [0.05, 0.1) is 34.3 Å². The molecule has 0 aliphatic heterocycles. The number of hydrogen-bond donors (Lipinski definition) is 0. The Morgan fingerprint density at radius 3 is 1.69 bits per heavy atom. The summed E-state index contributed by atoms with van der Waals surface area (Å²) in [7, 11) is 0. The minimum absolute atomic E-state index is 0.00594. The van der Waals surface area contributed by atoms with Crippen LogP contribution in [0.2, 0.25) is 0 Å². The molecule has 0 unspecified atom stereocenters. The van der Waals surface area contributed by atoms with E-state index in [-0.39, 0.29) is 28.3 Å². The van der Waals surface area contributed by atoms with Crippen LogP contribution in [0.15, 0.2) is 162 Å². The second kappa shape index (κ2) is 10.0. The third-order valence-corrected chi connectivity index (χ3v) is 8.74. The molecule has 0 fully saturated rings. The molecule has 9 aromatic rings. The average molecular weight is 638 g/mol. The summed E-state index contributed by atoms with van der Waals surface area (Å²) < 4.78 is 233. The first kappa shape index (κ1) is 12.3. The van der Waals surface area contributed by atoms with E-state index in [1.165, 1.54) is 6.07 Å². The molecule has 1 aromatic heterocycles. The largest absolute Gasteiger partial charge is 0.456 e. The first-order valence-electron chi connectivity index (χ1n) is 27.2. The fraction of sp³-hybridized carbons (Fsp3) is 0.0638. The van der Waals surface area contributed by atoms with Crippen LogP contribution in [0, 0.1) is 0 Å². The van der Waals surface area contributed by atoms with Gasteiger partial charge in [-0.3, -0.25) is 0 Å². The second-order valence-corrected chi connectivity index (χ2v) is 11.7. The third-order valence-electron chi connectivity index (χ3n) is 8.74. The number of furan rings is 1. The Morgan fingerprint density at radius 1 is 0.417 bits per heavy atom. The highest BCUT2D eigenvalue weighted by Gasteiger charge is 2.35. The van der Waals surface area contributed by atoms with Crippen molar-refractivity contribution < 1.29 is 38.7 Å². The lowest BCUT2D eigenvalue weighted by molar-refractivity contribution is 0.660. The molecule has 0 saturated carbocycles. The average Bonchev–Trinajstić information content (AvgIpc) is 3.86. The smallest absolute Gasteiger partial charge is 0.135 e. The van der Waals surface area contributed by atoms with Crippen LogP contribution in [0.25, 0.3) is 88.0 Å². The zero-order valence-corrected chi connectivity index (χ0v) is 25.0. The molecule has 0 N–H and O–H groups in total. The SMILES string of the molecule is [2H]c1cc2c(c([2H])c1[2H])-c1c([2H])c([2H])c(-c3c([2H])c([2H])c([2H])c(-c4c5c([2H])c([2H])c([2H])c([2H])c5c(-c5c([2H])c([2H])c6oc7c([2H])c([2H])c([2H])c([2H])c7c6c5[2H])c5c([2H])c([2H])c([2H])c([2H])c45)c3[2H])c([2H])c1C2(C)C. The Labute approximate surface area is 314 Å². The van der Waals surface area contributed by atoms with E-state index in [4.69, 9.17) is 20.9 Å². The predicted molar refractivity (Wildman–Crippen MR) is 203 cm³/mol. The van der Waals surface area contributed by atoms with E-state index in [9.17, 15) is 17.8 Å². The van der Waals surface area contributed by atoms with Crippen LogP contribution in [0.1, 0.15) is 59.2 Å². The summed E-state index contributed by atoms with van der Waals surface area (Å²) in [5.41, 5.74) is -6.28. The Bertz CT molecular complexity index is 4090. The van der Waals surface area contributed by atoms with E-state index in [0.29, 0.717) is 0 Å². The number of para-hydroxylation sites is 1. The quantitative estimate of drug-likeness (QED) is 0.176. The molecule has 0 radical (unpaired) electrons. The van der Waals surface area contributed by atoms with E-state index < -0.39 is 227 Å². The molecule has 1 aliphatic rings. The lowest BCUT2D eigenvalue weighted by Gasteiger charge is -2.22. The molecule has 1 heterocycles. The molecule has 0 saturated heterocycles. The second-order valence-electron chi connectivity index (χ2n) is 11.7. The minimum Gasteiger partial charge on any atom is -0.456 e. The molecule has 8 aromatic carbocycles. The monoisotopic (exact) mass is 637 g/mol. The first-order valence-corrected chi connectivity index (χ1v) is 14.7. The summed E-state index contributed by atoms with van der Waals surface area (Å²) in [6, 6.07) is -18.9. The van der Waals surface area contributed by atoms with Crippen LogP contribution in [-0.2, 0) is 5.41 Å². The van der Waals surface area contributed by atoms with E-state index in [2.05, 4.69) is 0 Å². The van der Waals surface area contributed by atoms with E-state index in [1.807, 2.05) is 0 Å². The van der Waals surface area contributed by atoms with Crippen molar-refractivity contribution in [2.24, 2.45) is 0 Å². The minimum atomic E-state index is -1.31. The van der Waals surface area contributed by atoms with Crippen LogP contribution < -0.4 is 0 Å². The van der Waals surface area contributed by atoms with Crippen LogP contribution >= 0.6 is 0 Å². The van der Waals surface area contributed by atoms with Crippen molar-refractivity contribution in [1.82, 2.24) is 0 Å². The highest BCUT2D eigenvalue weighted by molar-refractivity contribution is 6.22. The molecular formula is C47H32O. The summed E-state index contributed by atoms with van der Waals surface area (Å²) in [5.74, 6) is 0. The number of rotatable bonds is 3. The molecular weight excluding hydrogens is 581 g/mol. The van der Waals surface area contributed by atoms with Crippen LogP contribution in [0.3, 0.4) is 0 Å². The molecule has 0 atom stereocenters. The van der Waals surface area contributed by atoms with Gasteiger partial charge in [-0.15, -0.1) is 0 Å². The standard InChI is InChI=1S/C47H32O/c1-47(2)41-20-9-7-14-33(41)34-24-22-30(28-42(34)47)29-12-11-13-31(26-29)45-36-16-3-5-18-38(36)46(39-19-6-4-17-37(39)45)32-23-25-44-40(27-32)35-15-8-10-21-43(35)48-44/h3-28H,1-2H3/i3D,4D,5D,6D,7D,8D,9D,10D,11D,12D,13D,14D,15D,16D,17D,18D,19D,21D,22D,23D,24D,25D,26D,27D,28D. The summed E-state index contributed by atoms with van der Waals surface area (Å²) in [6.45, 7) is 3.23. The van der Waals surface area contributed by atoms with Gasteiger partial charge in [-0.2, -0.15) is 0 Å². The van der Waals surface area contributed by atoms with E-state index in [1.54, 1.807) is 13.8 Å². The van der Waals surface area contributed by atoms with Gasteiger partial charge < -0.3 is 4.42 Å². The topological polar surface area (TPSA) is 13.1 Å². The summed E-state index contributed by atoms with van der Waals surface area (Å²) in [6.07, 6.45) is 0. The lowest BCUT2D eigenvalue weighted by Crippen LogP contribution is -2.14. The van der Waals surface area contributed by atoms with Crippen molar-refractivity contribution in [2.75, 3.05) is 0 Å². The molecule has 48 heavy (non-hydrogen) atoms. The van der Waals surface area contributed by atoms with Crippen molar-refractivity contribution in [3.05, 3.63) is 168 Å². The zero-order chi connectivity index (χ0) is 53.7. The van der Waals surface area contributed by atoms with Gasteiger partial charge in [0.1, 0.15) is 11.2 Å². The van der Waals surface area contributed by atoms with Gasteiger partial charge in [-0.25, -0.2) is 0 Å². The van der Waals surface area contributed by atoms with Crippen molar-refractivity contribution in [3.63, 3.8) is 0 Å². The summed E-state index contributed by atoms with van der Waals surface area (Å²) in [4.78, 5) is 0. The Balaban J connectivity index is 1.44. The fourth-order valence-electron chi connectivity index (χ4n) is 6.51. The van der Waals surface area contributed by atoms with Gasteiger partial charge in [0.25, 0.3) is 0 Å². The van der Waals surface area contributed by atoms with Gasteiger partial charge in [0.15, 0.2) is 0 Å². The van der Waals surface area contributed by atoms with E-state index >= 15 is 0 Å². The van der Waals surface area contributed by atoms with Crippen LogP contribution in [0.4, 0.5) is 0 Å². The van der Waals surface area contributed by atoms with Crippen LogP contribution in [0.5, 0.6) is 0 Å². The first-order chi connectivity index (χ1) is 34.0. The zero-order valence-electron chi connectivity index (χ0n) is 50.0. The molecule has 226 valence electrons. The number of hydrogen-bond acceptors (Lipinski definition) is 1. The normalized spacial score (nSPS) is 20.7. The van der Waals surface area contributed by atoms with Crippen molar-refractivity contribution in [2.45, 2.75) is 19.3 Å². The number of benzene rings is 8. The highest BCUT2D eigenvalue weighted by atomic mass is 16.3. The molecule has 1 nitrogen and oxygen atoms in total. The Hall–Kier alpha value is -5.92. The highest BCUT2D eigenvalue weighted by Crippen LogP contribution is 2.50. The van der Waals surface area contributed by atoms with Gasteiger partial charge in [-0.05, 0) is 107 Å². The molecule has 10 rings (SSSR count). The number of fused-ring (bicyclic) bond motifs is 8. The predicted octanol–water partition coefficient (Wildman–Crippen LogP) is 13.2. The van der Waals surface area contributed by atoms with Gasteiger partial charge in [0, 0.05) is 16.2 Å². The van der Waals surface area contributed by atoms with Crippen LogP contribution in [-0.4, -0.2) is 0 Å². The van der Waals surface area contributed by atoms with Crippen molar-refractivity contribution >= 4 is 43.5 Å². The van der Waals surface area contributed by atoms with Gasteiger partial charge >= 0.3 is 0 Å². The van der Waals surface area contributed by atoms with Crippen molar-refractivity contribution in [1.29, 1.82) is 0 Å². The van der Waals surface area contributed by atoms with E-state index in [0.717, 1.165) is 0 Å². The molecule has 0 amide bonds. The van der Waals surface area contributed by atoms with Crippen molar-refractivity contribution in [3.8, 4) is 44.5 Å². The maximum absolute atomic E-state index is 9.93. The Morgan fingerprint density at radius 2 is 0.958 bits per heavy atom. The Kier molecular flexibility index (Phi) is 2.57. The summed E-state index contributed by atoms with van der Waals surface area (Å²) >= 11 is 0.